The van der Waals surface area contributed by atoms with Crippen molar-refractivity contribution in [1.29, 1.82) is 0 Å². The summed E-state index contributed by atoms with van der Waals surface area (Å²) in [5.41, 5.74) is 0. The van der Waals surface area contributed by atoms with Crippen LogP contribution >= 0.6 is 0 Å². The van der Waals surface area contributed by atoms with E-state index in [2.05, 4.69) is 106 Å². The molecule has 0 aromatic heterocycles. The number of hydrogen-bond donors (Lipinski definition) is 0. The lowest BCUT2D eigenvalue weighted by atomic mass is 10.0. The molecule has 30 heavy (non-hydrogen) atoms. The van der Waals surface area contributed by atoms with Gasteiger partial charge in [0, 0.05) is 6.42 Å². The molecule has 1 nitrogen and oxygen atoms in total. The number of terminal acetylenes is 1. The minimum atomic E-state index is -2.42. The Kier molecular flexibility index (Phi) is 9.63. The molecule has 2 heteroatoms. The lowest BCUT2D eigenvalue weighted by molar-refractivity contribution is 0.339. The van der Waals surface area contributed by atoms with Crippen LogP contribution in [0.25, 0.3) is 0 Å². The van der Waals surface area contributed by atoms with Crippen LogP contribution in [-0.2, 0) is 4.43 Å². The number of allylic oxidation sites excluding steroid dienone is 1. The van der Waals surface area contributed by atoms with Crippen LogP contribution in [0.2, 0.25) is 5.04 Å². The molecule has 0 bridgehead atoms. The highest BCUT2D eigenvalue weighted by Gasteiger charge is 2.49. The van der Waals surface area contributed by atoms with Crippen molar-refractivity contribution in [2.45, 2.75) is 64.8 Å². The molecule has 0 fully saturated rings. The zero-order valence-corrected chi connectivity index (χ0v) is 20.2. The lowest BCUT2D eigenvalue weighted by Crippen LogP contribution is -2.66. The predicted octanol–water partition coefficient (Wildman–Crippen LogP) is 6.34. The van der Waals surface area contributed by atoms with Crippen LogP contribution in [0.3, 0.4) is 0 Å². The zero-order valence-electron chi connectivity index (χ0n) is 19.2. The molecule has 2 aromatic carbocycles. The second-order valence-electron chi connectivity index (χ2n) is 9.24. The number of benzene rings is 2. The van der Waals surface area contributed by atoms with E-state index in [1.807, 2.05) is 0 Å². The highest BCUT2D eigenvalue weighted by molar-refractivity contribution is 6.99. The second-order valence-corrected chi connectivity index (χ2v) is 13.5. The first kappa shape index (κ1) is 24.2. The van der Waals surface area contributed by atoms with Gasteiger partial charge in [-0.2, -0.15) is 0 Å². The van der Waals surface area contributed by atoms with Gasteiger partial charge in [-0.05, 0) is 40.6 Å². The molecule has 2 rings (SSSR count). The Bertz CT molecular complexity index is 757. The van der Waals surface area contributed by atoms with E-state index >= 15 is 0 Å². The van der Waals surface area contributed by atoms with E-state index in [4.69, 9.17) is 10.8 Å². The Labute approximate surface area is 185 Å². The van der Waals surface area contributed by atoms with Gasteiger partial charge in [-0.15, -0.1) is 12.3 Å². The molecule has 0 amide bonds. The van der Waals surface area contributed by atoms with Crippen LogP contribution in [0.4, 0.5) is 0 Å². The minimum Gasteiger partial charge on any atom is -0.404 e. The van der Waals surface area contributed by atoms with Crippen molar-refractivity contribution in [3.05, 3.63) is 72.8 Å². The zero-order chi connectivity index (χ0) is 21.9. The molecule has 0 aliphatic rings. The topological polar surface area (TPSA) is 9.23 Å². The number of rotatable bonds is 11. The fourth-order valence-corrected chi connectivity index (χ4v) is 8.68. The van der Waals surface area contributed by atoms with Gasteiger partial charge in [0.1, 0.15) is 0 Å². The maximum Gasteiger partial charge on any atom is 0.261 e. The van der Waals surface area contributed by atoms with Gasteiger partial charge in [0.15, 0.2) is 0 Å². The van der Waals surface area contributed by atoms with E-state index in [1.165, 1.54) is 29.6 Å². The summed E-state index contributed by atoms with van der Waals surface area (Å²) in [5.74, 6) is 3.40. The van der Waals surface area contributed by atoms with Crippen molar-refractivity contribution in [3.8, 4) is 12.3 Å². The number of unbranched alkanes of at least 4 members (excludes halogenated alkanes) is 2. The van der Waals surface area contributed by atoms with E-state index in [0.29, 0.717) is 12.5 Å². The Hall–Kier alpha value is -2.08. The van der Waals surface area contributed by atoms with Crippen LogP contribution in [0.1, 0.15) is 59.8 Å². The van der Waals surface area contributed by atoms with Crippen LogP contribution < -0.4 is 10.4 Å². The highest BCUT2D eigenvalue weighted by Crippen LogP contribution is 2.36. The van der Waals surface area contributed by atoms with Gasteiger partial charge in [0.2, 0.25) is 0 Å². The van der Waals surface area contributed by atoms with Gasteiger partial charge in [-0.1, -0.05) is 107 Å². The maximum atomic E-state index is 6.87. The van der Waals surface area contributed by atoms with Crippen molar-refractivity contribution in [1.82, 2.24) is 0 Å². The minimum absolute atomic E-state index is 0.0245. The summed E-state index contributed by atoms with van der Waals surface area (Å²) in [5, 5.41) is 2.69. The molecule has 0 saturated heterocycles. The number of hydrogen-bond acceptors (Lipinski definition) is 1. The largest absolute Gasteiger partial charge is 0.404 e. The highest BCUT2D eigenvalue weighted by atomic mass is 28.4. The fraction of sp³-hybridized carbons (Fsp3) is 0.429. The molecule has 0 N–H and O–H groups in total. The van der Waals surface area contributed by atoms with Gasteiger partial charge in [0.25, 0.3) is 8.32 Å². The van der Waals surface area contributed by atoms with E-state index in [9.17, 15) is 0 Å². The van der Waals surface area contributed by atoms with Gasteiger partial charge in [-0.3, -0.25) is 0 Å². The molecule has 0 saturated carbocycles. The third-order valence-corrected chi connectivity index (χ3v) is 10.8. The summed E-state index contributed by atoms with van der Waals surface area (Å²) in [6.45, 7) is 9.86. The molecule has 0 heterocycles. The van der Waals surface area contributed by atoms with Gasteiger partial charge >= 0.3 is 0 Å². The molecule has 0 radical (unpaired) electrons. The third-order valence-electron chi connectivity index (χ3n) is 5.76. The van der Waals surface area contributed by atoms with E-state index in [-0.39, 0.29) is 5.04 Å². The average Bonchev–Trinajstić information content (AvgIpc) is 2.73. The van der Waals surface area contributed by atoms with Crippen molar-refractivity contribution in [2.75, 3.05) is 6.61 Å². The molecule has 0 aliphatic heterocycles. The first-order valence-corrected chi connectivity index (χ1v) is 13.2. The first-order valence-electron chi connectivity index (χ1n) is 11.3. The van der Waals surface area contributed by atoms with Crippen molar-refractivity contribution >= 4 is 18.7 Å². The lowest BCUT2D eigenvalue weighted by Gasteiger charge is -2.42. The van der Waals surface area contributed by atoms with E-state index < -0.39 is 8.32 Å². The second kappa shape index (κ2) is 11.9. The third kappa shape index (κ3) is 6.46. The first-order chi connectivity index (χ1) is 14.4. The molecule has 0 spiro atoms. The molecule has 0 unspecified atom stereocenters. The van der Waals surface area contributed by atoms with Crippen molar-refractivity contribution < 1.29 is 4.43 Å². The van der Waals surface area contributed by atoms with E-state index in [1.54, 1.807) is 0 Å². The van der Waals surface area contributed by atoms with Crippen molar-refractivity contribution in [3.63, 3.8) is 0 Å². The molecular formula is C28H38OSi. The summed E-state index contributed by atoms with van der Waals surface area (Å²) < 4.78 is 6.87. The monoisotopic (exact) mass is 418 g/mol. The van der Waals surface area contributed by atoms with Crippen LogP contribution in [0, 0.1) is 18.3 Å². The molecule has 2 aromatic rings. The van der Waals surface area contributed by atoms with Gasteiger partial charge in [0.05, 0.1) is 6.61 Å². The predicted molar refractivity (Wildman–Crippen MR) is 134 cm³/mol. The Morgan fingerprint density at radius 1 is 0.933 bits per heavy atom. The smallest absolute Gasteiger partial charge is 0.261 e. The van der Waals surface area contributed by atoms with Crippen LogP contribution in [0.15, 0.2) is 72.8 Å². The quantitative estimate of drug-likeness (QED) is 0.179. The molecule has 1 atom stereocenters. The summed E-state index contributed by atoms with van der Waals surface area (Å²) in [7, 11) is -2.42. The summed E-state index contributed by atoms with van der Waals surface area (Å²) in [6, 6.07) is 21.7. The molecule has 160 valence electrons. The Morgan fingerprint density at radius 2 is 1.50 bits per heavy atom. The van der Waals surface area contributed by atoms with Crippen LogP contribution in [0.5, 0.6) is 0 Å². The normalized spacial score (nSPS) is 13.3. The van der Waals surface area contributed by atoms with Gasteiger partial charge in [-0.25, -0.2) is 0 Å². The summed E-state index contributed by atoms with van der Waals surface area (Å²) in [4.78, 5) is 0. The molecule has 0 aliphatic carbocycles. The van der Waals surface area contributed by atoms with Gasteiger partial charge < -0.3 is 4.43 Å². The maximum absolute atomic E-state index is 6.87. The van der Waals surface area contributed by atoms with Crippen molar-refractivity contribution in [2.24, 2.45) is 5.92 Å². The standard InChI is InChI=1S/C28H38OSi/c1-6-18-25(2)19-12-8-7-9-17-24-29-30(28(3,4)5,26-20-13-10-14-21-26)27-22-15-11-16-23-27/h1,9-11,13-17,20-23,25H,7-8,12,18-19,24H2,2-5H3/b17-9-/t25-/m0/s1. The van der Waals surface area contributed by atoms with Crippen LogP contribution in [-0.4, -0.2) is 14.9 Å². The summed E-state index contributed by atoms with van der Waals surface area (Å²) >= 11 is 0. The fourth-order valence-electron chi connectivity index (χ4n) is 4.18. The van der Waals surface area contributed by atoms with E-state index in [0.717, 1.165) is 12.8 Å². The summed E-state index contributed by atoms with van der Waals surface area (Å²) in [6.07, 6.45) is 15.6. The molecular weight excluding hydrogens is 380 g/mol. The Balaban J connectivity index is 2.07. The Morgan fingerprint density at radius 3 is 2.00 bits per heavy atom. The SMILES string of the molecule is C#CC[C@H](C)CCCC/C=C\CO[Si](c1ccccc1)(c1ccccc1)C(C)(C)C. The average molecular weight is 419 g/mol.